The fraction of sp³-hybridized carbons (Fsp3) is 0.778. The van der Waals surface area contributed by atoms with Crippen molar-refractivity contribution in [1.29, 1.82) is 0 Å². The Bertz CT molecular complexity index is 240. The highest BCUT2D eigenvalue weighted by Crippen LogP contribution is 2.11. The van der Waals surface area contributed by atoms with Crippen molar-refractivity contribution in [2.75, 3.05) is 6.54 Å². The molecule has 2 amide bonds. The van der Waals surface area contributed by atoms with Crippen LogP contribution in [0.2, 0.25) is 0 Å². The Balaban J connectivity index is 2.39. The maximum absolute atomic E-state index is 11.3. The number of amides is 2. The SMILES string of the molecule is CC(C)N1CC(CCC(=O)O)NC1=O. The molecular formula is C9H16N2O3. The first-order valence-corrected chi connectivity index (χ1v) is 4.79. The lowest BCUT2D eigenvalue weighted by molar-refractivity contribution is -0.137. The number of aliphatic carboxylic acids is 1. The molecule has 0 aromatic heterocycles. The van der Waals surface area contributed by atoms with Crippen molar-refractivity contribution in [1.82, 2.24) is 10.2 Å². The van der Waals surface area contributed by atoms with Crippen molar-refractivity contribution in [2.45, 2.75) is 38.8 Å². The van der Waals surface area contributed by atoms with Gasteiger partial charge in [0, 0.05) is 25.0 Å². The number of urea groups is 1. The van der Waals surface area contributed by atoms with E-state index in [1.807, 2.05) is 13.8 Å². The fourth-order valence-corrected chi connectivity index (χ4v) is 1.53. The van der Waals surface area contributed by atoms with Gasteiger partial charge in [0.2, 0.25) is 0 Å². The van der Waals surface area contributed by atoms with Gasteiger partial charge in [0.1, 0.15) is 0 Å². The first kappa shape index (κ1) is 10.8. The molecule has 5 heteroatoms. The van der Waals surface area contributed by atoms with Crippen LogP contribution in [0.25, 0.3) is 0 Å². The van der Waals surface area contributed by atoms with Crippen molar-refractivity contribution in [3.8, 4) is 0 Å². The summed E-state index contributed by atoms with van der Waals surface area (Å²) in [5.41, 5.74) is 0. The molecule has 1 aliphatic rings. The Morgan fingerprint density at radius 3 is 2.79 bits per heavy atom. The number of carbonyl (C=O) groups excluding carboxylic acids is 1. The van der Waals surface area contributed by atoms with Gasteiger partial charge < -0.3 is 15.3 Å². The first-order valence-electron chi connectivity index (χ1n) is 4.79. The van der Waals surface area contributed by atoms with E-state index in [9.17, 15) is 9.59 Å². The van der Waals surface area contributed by atoms with Gasteiger partial charge in [-0.2, -0.15) is 0 Å². The Morgan fingerprint density at radius 2 is 2.36 bits per heavy atom. The molecule has 0 saturated carbocycles. The number of hydrogen-bond donors (Lipinski definition) is 2. The number of carbonyl (C=O) groups is 2. The molecule has 14 heavy (non-hydrogen) atoms. The monoisotopic (exact) mass is 200 g/mol. The molecule has 1 fully saturated rings. The lowest BCUT2D eigenvalue weighted by atomic mass is 10.1. The lowest BCUT2D eigenvalue weighted by Gasteiger charge is -2.18. The van der Waals surface area contributed by atoms with E-state index >= 15 is 0 Å². The molecule has 2 N–H and O–H groups in total. The average molecular weight is 200 g/mol. The van der Waals surface area contributed by atoms with Crippen LogP contribution in [-0.4, -0.2) is 40.6 Å². The third-order valence-electron chi connectivity index (χ3n) is 2.34. The van der Waals surface area contributed by atoms with Crippen molar-refractivity contribution in [2.24, 2.45) is 0 Å². The fourth-order valence-electron chi connectivity index (χ4n) is 1.53. The van der Waals surface area contributed by atoms with Crippen LogP contribution in [0.15, 0.2) is 0 Å². The highest BCUT2D eigenvalue weighted by Gasteiger charge is 2.30. The van der Waals surface area contributed by atoms with Crippen LogP contribution < -0.4 is 5.32 Å². The summed E-state index contributed by atoms with van der Waals surface area (Å²) >= 11 is 0. The second kappa shape index (κ2) is 4.30. The van der Waals surface area contributed by atoms with Crippen molar-refractivity contribution in [3.63, 3.8) is 0 Å². The van der Waals surface area contributed by atoms with Crippen LogP contribution in [0.1, 0.15) is 26.7 Å². The van der Waals surface area contributed by atoms with E-state index in [2.05, 4.69) is 5.32 Å². The Labute approximate surface area is 83.1 Å². The minimum Gasteiger partial charge on any atom is -0.481 e. The summed E-state index contributed by atoms with van der Waals surface area (Å²) in [5, 5.41) is 11.3. The molecule has 1 saturated heterocycles. The van der Waals surface area contributed by atoms with Gasteiger partial charge in [0.25, 0.3) is 0 Å². The van der Waals surface area contributed by atoms with Crippen LogP contribution in [0.4, 0.5) is 4.79 Å². The zero-order valence-corrected chi connectivity index (χ0v) is 8.49. The summed E-state index contributed by atoms with van der Waals surface area (Å²) in [6.07, 6.45) is 0.612. The second-order valence-electron chi connectivity index (χ2n) is 3.82. The summed E-state index contributed by atoms with van der Waals surface area (Å²) < 4.78 is 0. The first-order chi connectivity index (χ1) is 6.50. The second-order valence-corrected chi connectivity index (χ2v) is 3.82. The predicted octanol–water partition coefficient (Wildman–Crippen LogP) is 0.653. The number of rotatable bonds is 4. The molecule has 0 aromatic rings. The van der Waals surface area contributed by atoms with Gasteiger partial charge in [-0.15, -0.1) is 0 Å². The zero-order valence-electron chi connectivity index (χ0n) is 8.49. The van der Waals surface area contributed by atoms with Crippen molar-refractivity contribution in [3.05, 3.63) is 0 Å². The Hall–Kier alpha value is -1.26. The van der Waals surface area contributed by atoms with E-state index in [0.29, 0.717) is 13.0 Å². The smallest absolute Gasteiger partial charge is 0.317 e. The molecular weight excluding hydrogens is 184 g/mol. The number of carboxylic acid groups (broad SMARTS) is 1. The van der Waals surface area contributed by atoms with E-state index in [4.69, 9.17) is 5.11 Å². The van der Waals surface area contributed by atoms with Gasteiger partial charge in [0.05, 0.1) is 0 Å². The minimum atomic E-state index is -0.817. The van der Waals surface area contributed by atoms with Crippen LogP contribution in [0, 0.1) is 0 Å². The molecule has 1 rings (SSSR count). The largest absolute Gasteiger partial charge is 0.481 e. The third-order valence-corrected chi connectivity index (χ3v) is 2.34. The van der Waals surface area contributed by atoms with Gasteiger partial charge in [-0.3, -0.25) is 4.79 Å². The van der Waals surface area contributed by atoms with Crippen LogP contribution in [0.3, 0.4) is 0 Å². The summed E-state index contributed by atoms with van der Waals surface area (Å²) in [5.74, 6) is -0.817. The van der Waals surface area contributed by atoms with Gasteiger partial charge >= 0.3 is 12.0 Å². The molecule has 0 aromatic carbocycles. The summed E-state index contributed by atoms with van der Waals surface area (Å²) in [7, 11) is 0. The van der Waals surface area contributed by atoms with Crippen molar-refractivity contribution >= 4 is 12.0 Å². The molecule has 0 aliphatic carbocycles. The number of nitrogens with zero attached hydrogens (tertiary/aromatic N) is 1. The molecule has 0 radical (unpaired) electrons. The standard InChI is InChI=1S/C9H16N2O3/c1-6(2)11-5-7(10-9(11)14)3-4-8(12)13/h6-7H,3-5H2,1-2H3,(H,10,14)(H,12,13). The van der Waals surface area contributed by atoms with Gasteiger partial charge in [-0.25, -0.2) is 4.79 Å². The van der Waals surface area contributed by atoms with E-state index in [0.717, 1.165) is 0 Å². The Morgan fingerprint density at radius 1 is 1.71 bits per heavy atom. The zero-order chi connectivity index (χ0) is 10.7. The molecule has 1 atom stereocenters. The van der Waals surface area contributed by atoms with Crippen LogP contribution >= 0.6 is 0 Å². The molecule has 1 heterocycles. The predicted molar refractivity (Wildman–Crippen MR) is 51.0 cm³/mol. The Kier molecular flexibility index (Phi) is 3.33. The number of nitrogens with one attached hydrogen (secondary N) is 1. The maximum atomic E-state index is 11.3. The van der Waals surface area contributed by atoms with Crippen LogP contribution in [0.5, 0.6) is 0 Å². The van der Waals surface area contributed by atoms with Crippen LogP contribution in [-0.2, 0) is 4.79 Å². The minimum absolute atomic E-state index is 0.0130. The van der Waals surface area contributed by atoms with E-state index in [-0.39, 0.29) is 24.5 Å². The average Bonchev–Trinajstić information content (AvgIpc) is 2.43. The highest BCUT2D eigenvalue weighted by atomic mass is 16.4. The van der Waals surface area contributed by atoms with E-state index in [1.54, 1.807) is 4.90 Å². The summed E-state index contributed by atoms with van der Waals surface area (Å²) in [4.78, 5) is 23.4. The highest BCUT2D eigenvalue weighted by molar-refractivity contribution is 5.77. The molecule has 1 aliphatic heterocycles. The normalized spacial score (nSPS) is 21.5. The molecule has 1 unspecified atom stereocenters. The van der Waals surface area contributed by atoms with Crippen molar-refractivity contribution < 1.29 is 14.7 Å². The van der Waals surface area contributed by atoms with E-state index in [1.165, 1.54) is 0 Å². The van der Waals surface area contributed by atoms with Gasteiger partial charge in [-0.05, 0) is 20.3 Å². The quantitative estimate of drug-likeness (QED) is 0.700. The van der Waals surface area contributed by atoms with Gasteiger partial charge in [-0.1, -0.05) is 0 Å². The summed E-state index contributed by atoms with van der Waals surface area (Å²) in [6.45, 7) is 4.50. The molecule has 5 nitrogen and oxygen atoms in total. The summed E-state index contributed by atoms with van der Waals surface area (Å²) in [6, 6.07) is 0.0706. The van der Waals surface area contributed by atoms with Gasteiger partial charge in [0.15, 0.2) is 0 Å². The van der Waals surface area contributed by atoms with E-state index < -0.39 is 5.97 Å². The number of hydrogen-bond acceptors (Lipinski definition) is 2. The molecule has 0 spiro atoms. The molecule has 0 bridgehead atoms. The third kappa shape index (κ3) is 2.61. The topological polar surface area (TPSA) is 69.6 Å². The maximum Gasteiger partial charge on any atom is 0.317 e. The lowest BCUT2D eigenvalue weighted by Crippen LogP contribution is -2.33. The molecule has 80 valence electrons. The number of carboxylic acids is 1.